The number of anilines is 4. The quantitative estimate of drug-likeness (QED) is 0.460. The van der Waals surface area contributed by atoms with Crippen molar-refractivity contribution in [3.63, 3.8) is 0 Å². The van der Waals surface area contributed by atoms with Gasteiger partial charge in [0.15, 0.2) is 0 Å². The number of amides is 1. The van der Waals surface area contributed by atoms with Crippen LogP contribution in [0.1, 0.15) is 32.3 Å². The number of benzene rings is 1. The zero-order chi connectivity index (χ0) is 27.5. The highest BCUT2D eigenvalue weighted by molar-refractivity contribution is 5.98. The summed E-state index contributed by atoms with van der Waals surface area (Å²) in [5.74, 6) is -0.457. The number of halogens is 2. The van der Waals surface area contributed by atoms with E-state index in [1.54, 1.807) is 12.4 Å². The molecule has 0 saturated carbocycles. The topological polar surface area (TPSA) is 73.8 Å². The van der Waals surface area contributed by atoms with Gasteiger partial charge < -0.3 is 24.8 Å². The summed E-state index contributed by atoms with van der Waals surface area (Å²) in [5, 5.41) is 3.61. The molecule has 5 rings (SSSR count). The lowest BCUT2D eigenvalue weighted by Crippen LogP contribution is -2.50. The van der Waals surface area contributed by atoms with E-state index >= 15 is 4.39 Å². The zero-order valence-corrected chi connectivity index (χ0v) is 22.8. The van der Waals surface area contributed by atoms with Crippen LogP contribution in [0.15, 0.2) is 30.6 Å². The number of nitrogens with zero attached hydrogens (tertiary/aromatic N) is 5. The molecule has 2 fully saturated rings. The van der Waals surface area contributed by atoms with Crippen molar-refractivity contribution in [2.45, 2.75) is 33.6 Å². The lowest BCUT2D eigenvalue weighted by molar-refractivity contribution is -0.136. The molecule has 2 aliphatic rings. The maximum Gasteiger partial charge on any atom is 0.225 e. The van der Waals surface area contributed by atoms with E-state index in [2.05, 4.69) is 20.1 Å². The number of morpholine rings is 1. The number of fused-ring (bicyclic) bond motifs is 1. The van der Waals surface area contributed by atoms with E-state index < -0.39 is 11.6 Å². The Hall–Kier alpha value is -3.53. The van der Waals surface area contributed by atoms with E-state index in [0.717, 1.165) is 43.2 Å². The fourth-order valence-corrected chi connectivity index (χ4v) is 5.53. The number of rotatable bonds is 7. The van der Waals surface area contributed by atoms with Crippen LogP contribution >= 0.6 is 0 Å². The minimum absolute atomic E-state index is 0.0423. The minimum atomic E-state index is -0.676. The smallest absolute Gasteiger partial charge is 0.225 e. The normalized spacial score (nSPS) is 16.3. The zero-order valence-electron chi connectivity index (χ0n) is 22.8. The first-order valence-electron chi connectivity index (χ1n) is 13.8. The standard InChI is InChI=1S/C29H36F2N6O2/c1-4-20(5-2)29(38)37-8-6-36(7-9-37)28-19(3)27(26-24(31)14-21(30)15-25(26)34-28)33-22-16-23(18-32-17-22)35-10-12-39-13-11-35/h14-18,20H,4-13H2,1-3H3,(H,33,34). The molecule has 0 bridgehead atoms. The Balaban J connectivity index is 1.47. The van der Waals surface area contributed by atoms with Crippen LogP contribution in [-0.4, -0.2) is 73.3 Å². The highest BCUT2D eigenvalue weighted by Gasteiger charge is 2.28. The number of carbonyl (C=O) groups excluding carboxylic acids is 1. The summed E-state index contributed by atoms with van der Waals surface area (Å²) in [6, 6.07) is 4.13. The average molecular weight is 539 g/mol. The molecule has 0 spiro atoms. The first-order valence-corrected chi connectivity index (χ1v) is 13.8. The van der Waals surface area contributed by atoms with Crippen LogP contribution in [0.2, 0.25) is 0 Å². The summed E-state index contributed by atoms with van der Waals surface area (Å²) in [7, 11) is 0. The number of nitrogens with one attached hydrogen (secondary N) is 1. The first kappa shape index (κ1) is 27.1. The third-order valence-corrected chi connectivity index (χ3v) is 7.82. The largest absolute Gasteiger partial charge is 0.378 e. The van der Waals surface area contributed by atoms with Gasteiger partial charge in [0, 0.05) is 62.9 Å². The summed E-state index contributed by atoms with van der Waals surface area (Å²) in [6.07, 6.45) is 5.15. The highest BCUT2D eigenvalue weighted by atomic mass is 19.1. The second-order valence-corrected chi connectivity index (χ2v) is 10.2. The Morgan fingerprint density at radius 2 is 1.72 bits per heavy atom. The molecule has 4 heterocycles. The number of hydrogen-bond acceptors (Lipinski definition) is 7. The molecule has 208 valence electrons. The maximum atomic E-state index is 15.2. The third-order valence-electron chi connectivity index (χ3n) is 7.82. The molecule has 0 radical (unpaired) electrons. The van der Waals surface area contributed by atoms with Gasteiger partial charge in [0.05, 0.1) is 53.6 Å². The van der Waals surface area contributed by atoms with Crippen LogP contribution < -0.4 is 15.1 Å². The lowest BCUT2D eigenvalue weighted by atomic mass is 10.0. The molecule has 0 atom stereocenters. The van der Waals surface area contributed by atoms with Crippen molar-refractivity contribution in [1.29, 1.82) is 0 Å². The molecule has 1 aromatic carbocycles. The number of carbonyl (C=O) groups is 1. The van der Waals surface area contributed by atoms with Gasteiger partial charge in [-0.15, -0.1) is 0 Å². The molecule has 1 N–H and O–H groups in total. The van der Waals surface area contributed by atoms with Gasteiger partial charge in [0.2, 0.25) is 5.91 Å². The Bertz CT molecular complexity index is 1340. The van der Waals surface area contributed by atoms with Crippen LogP contribution in [-0.2, 0) is 9.53 Å². The van der Waals surface area contributed by atoms with Gasteiger partial charge in [-0.3, -0.25) is 9.78 Å². The van der Waals surface area contributed by atoms with Gasteiger partial charge in [-0.05, 0) is 25.8 Å². The summed E-state index contributed by atoms with van der Waals surface area (Å²) in [4.78, 5) is 28.2. The molecular weight excluding hydrogens is 502 g/mol. The van der Waals surface area contributed by atoms with Gasteiger partial charge in [0.1, 0.15) is 17.5 Å². The van der Waals surface area contributed by atoms with Crippen LogP contribution in [0.5, 0.6) is 0 Å². The van der Waals surface area contributed by atoms with E-state index in [1.165, 1.54) is 6.07 Å². The number of ether oxygens (including phenoxy) is 1. The van der Waals surface area contributed by atoms with Crippen molar-refractivity contribution in [1.82, 2.24) is 14.9 Å². The van der Waals surface area contributed by atoms with E-state index in [-0.39, 0.29) is 22.7 Å². The lowest BCUT2D eigenvalue weighted by Gasteiger charge is -2.37. The van der Waals surface area contributed by atoms with Gasteiger partial charge >= 0.3 is 0 Å². The Labute approximate surface area is 228 Å². The Kier molecular flexibility index (Phi) is 8.11. The van der Waals surface area contributed by atoms with Gasteiger partial charge in [-0.2, -0.15) is 0 Å². The predicted molar refractivity (Wildman–Crippen MR) is 150 cm³/mol. The van der Waals surface area contributed by atoms with Gasteiger partial charge in [0.25, 0.3) is 0 Å². The summed E-state index contributed by atoms with van der Waals surface area (Å²) in [5.41, 5.74) is 3.17. The maximum absolute atomic E-state index is 15.2. The molecule has 2 aliphatic heterocycles. The molecule has 0 aliphatic carbocycles. The molecule has 2 saturated heterocycles. The van der Waals surface area contributed by atoms with Crippen molar-refractivity contribution >= 4 is 39.7 Å². The second-order valence-electron chi connectivity index (χ2n) is 10.2. The van der Waals surface area contributed by atoms with E-state index in [9.17, 15) is 9.18 Å². The monoisotopic (exact) mass is 538 g/mol. The second kappa shape index (κ2) is 11.7. The number of piperazine rings is 1. The van der Waals surface area contributed by atoms with Crippen LogP contribution in [0.4, 0.5) is 31.7 Å². The Morgan fingerprint density at radius 3 is 2.41 bits per heavy atom. The molecular formula is C29H36F2N6O2. The van der Waals surface area contributed by atoms with Crippen LogP contribution in [0, 0.1) is 24.5 Å². The predicted octanol–water partition coefficient (Wildman–Crippen LogP) is 4.88. The molecule has 3 aromatic rings. The SMILES string of the molecule is CCC(CC)C(=O)N1CCN(c2nc3cc(F)cc(F)c3c(Nc3cncc(N4CCOCC4)c3)c2C)CC1. The molecule has 8 nitrogen and oxygen atoms in total. The van der Waals surface area contributed by atoms with Crippen molar-refractivity contribution in [2.24, 2.45) is 5.92 Å². The summed E-state index contributed by atoms with van der Waals surface area (Å²) < 4.78 is 35.0. The Morgan fingerprint density at radius 1 is 1.00 bits per heavy atom. The highest BCUT2D eigenvalue weighted by Crippen LogP contribution is 2.37. The van der Waals surface area contributed by atoms with Crippen molar-refractivity contribution < 1.29 is 18.3 Å². The van der Waals surface area contributed by atoms with Crippen molar-refractivity contribution in [3.05, 3.63) is 47.8 Å². The number of pyridine rings is 2. The van der Waals surface area contributed by atoms with Crippen molar-refractivity contribution in [3.8, 4) is 0 Å². The van der Waals surface area contributed by atoms with E-state index in [1.807, 2.05) is 31.7 Å². The summed E-state index contributed by atoms with van der Waals surface area (Å²) in [6.45, 7) is 11.2. The molecule has 1 amide bonds. The first-order chi connectivity index (χ1) is 18.9. The fraction of sp³-hybridized carbons (Fsp3) is 0.483. The molecule has 0 unspecified atom stereocenters. The van der Waals surface area contributed by atoms with E-state index in [4.69, 9.17) is 9.72 Å². The summed E-state index contributed by atoms with van der Waals surface area (Å²) >= 11 is 0. The number of aromatic nitrogens is 2. The van der Waals surface area contributed by atoms with Gasteiger partial charge in [-0.25, -0.2) is 13.8 Å². The number of hydrogen-bond donors (Lipinski definition) is 1. The molecule has 2 aromatic heterocycles. The molecule has 39 heavy (non-hydrogen) atoms. The third kappa shape index (κ3) is 5.61. The minimum Gasteiger partial charge on any atom is -0.378 e. The average Bonchev–Trinajstić information content (AvgIpc) is 2.95. The van der Waals surface area contributed by atoms with Crippen LogP contribution in [0.25, 0.3) is 10.9 Å². The fourth-order valence-electron chi connectivity index (χ4n) is 5.53. The van der Waals surface area contributed by atoms with Crippen molar-refractivity contribution in [2.75, 3.05) is 67.6 Å². The molecule has 10 heteroatoms. The van der Waals surface area contributed by atoms with E-state index in [0.29, 0.717) is 56.6 Å². The van der Waals surface area contributed by atoms with Gasteiger partial charge in [-0.1, -0.05) is 13.8 Å². The van der Waals surface area contributed by atoms with Crippen LogP contribution in [0.3, 0.4) is 0 Å².